The van der Waals surface area contributed by atoms with Crippen molar-refractivity contribution in [2.45, 2.75) is 97.9 Å². The molecule has 17 nitrogen and oxygen atoms in total. The van der Waals surface area contributed by atoms with Crippen LogP contribution in [-0.2, 0) is 44.9 Å². The summed E-state index contributed by atoms with van der Waals surface area (Å²) in [6.45, 7) is 7.97. The molecule has 0 bridgehead atoms. The first-order chi connectivity index (χ1) is 25.0. The minimum Gasteiger partial charge on any atom is -0.445 e. The van der Waals surface area contributed by atoms with Gasteiger partial charge < -0.3 is 36.6 Å². The quantitative estimate of drug-likeness (QED) is 0.107. The molecule has 2 aliphatic rings. The zero-order valence-electron chi connectivity index (χ0n) is 30.9. The smallest absolute Gasteiger partial charge is 0.408 e. The van der Waals surface area contributed by atoms with Gasteiger partial charge in [0, 0.05) is 43.5 Å². The van der Waals surface area contributed by atoms with Gasteiger partial charge in [0.1, 0.15) is 19.2 Å². The zero-order chi connectivity index (χ0) is 39.4. The Labute approximate surface area is 308 Å². The Morgan fingerprint density at radius 1 is 1.00 bits per heavy atom. The van der Waals surface area contributed by atoms with Gasteiger partial charge in [0.15, 0.2) is 11.6 Å². The summed E-state index contributed by atoms with van der Waals surface area (Å²) in [5.41, 5.74) is 6.12. The lowest BCUT2D eigenvalue weighted by Gasteiger charge is -2.26. The minimum atomic E-state index is -0.998. The van der Waals surface area contributed by atoms with Crippen molar-refractivity contribution in [3.8, 4) is 0 Å². The Kier molecular flexibility index (Phi) is 15.5. The maximum Gasteiger partial charge on any atom is 0.408 e. The first-order valence-corrected chi connectivity index (χ1v) is 17.8. The molecule has 3 unspecified atom stereocenters. The van der Waals surface area contributed by atoms with Crippen molar-refractivity contribution < 1.29 is 47.9 Å². The number of carbonyl (C=O) groups excluding carboxylic acids is 9. The first-order valence-electron chi connectivity index (χ1n) is 17.8. The van der Waals surface area contributed by atoms with Crippen LogP contribution in [0.1, 0.15) is 78.7 Å². The van der Waals surface area contributed by atoms with E-state index in [2.05, 4.69) is 21.3 Å². The number of carbonyl (C=O) groups is 9. The third-order valence-electron chi connectivity index (χ3n) is 9.25. The fourth-order valence-corrected chi connectivity index (χ4v) is 6.31. The molecule has 0 saturated carbocycles. The van der Waals surface area contributed by atoms with E-state index in [1.54, 1.807) is 45.0 Å². The molecule has 6 N–H and O–H groups in total. The number of Topliss-reactive ketones (excluding diaryl/α,β-unsaturated/α-hetero) is 2. The standard InChI is InChI=1S/C36H51N7O10/c1-20(2)31(41-29(46)18-43-30(47)16-21(3)33(43)49)28(45)17-25(8-6-14-38-35(37)51)32(48)40-26-12-10-24(11-13-26)19-53-36(52)39-22(4)34(50)42-15-7-9-27(42)23(5)44/h10-13,20-22,25,27,31H,6-9,14-19H2,1-5H3,(H,39,52)(H,40,48)(H,41,46)(H3,37,38,51)/t21?,22?,25-,27?,31+/m1/s1. The zero-order valence-corrected chi connectivity index (χ0v) is 30.9. The molecule has 0 aliphatic carbocycles. The molecule has 1 aromatic carbocycles. The molecule has 0 radical (unpaired) electrons. The van der Waals surface area contributed by atoms with Crippen LogP contribution in [0, 0.1) is 17.8 Å². The van der Waals surface area contributed by atoms with E-state index in [4.69, 9.17) is 10.5 Å². The molecule has 0 aromatic heterocycles. The van der Waals surface area contributed by atoms with Crippen LogP contribution < -0.4 is 27.0 Å². The second-order valence-electron chi connectivity index (χ2n) is 13.9. The number of nitrogens with one attached hydrogen (secondary N) is 4. The first kappa shape index (κ1) is 42.1. The highest BCUT2D eigenvalue weighted by Gasteiger charge is 2.38. The highest BCUT2D eigenvalue weighted by Crippen LogP contribution is 2.22. The van der Waals surface area contributed by atoms with Crippen molar-refractivity contribution in [2.75, 3.05) is 25.0 Å². The van der Waals surface area contributed by atoms with Gasteiger partial charge >= 0.3 is 12.1 Å². The maximum absolute atomic E-state index is 13.5. The minimum absolute atomic E-state index is 0.0142. The van der Waals surface area contributed by atoms with Crippen LogP contribution in [0.2, 0.25) is 0 Å². The normalized spacial score (nSPS) is 18.6. The molecule has 0 spiro atoms. The predicted octanol–water partition coefficient (Wildman–Crippen LogP) is 1.38. The van der Waals surface area contributed by atoms with Gasteiger partial charge in [0.05, 0.1) is 12.1 Å². The van der Waals surface area contributed by atoms with E-state index in [0.29, 0.717) is 37.1 Å². The molecule has 3 rings (SSSR count). The Bertz CT molecular complexity index is 1560. The third kappa shape index (κ3) is 12.4. The molecule has 2 heterocycles. The van der Waals surface area contributed by atoms with Crippen molar-refractivity contribution in [2.24, 2.45) is 23.5 Å². The number of urea groups is 1. The molecule has 8 amide bonds. The Morgan fingerprint density at radius 3 is 2.26 bits per heavy atom. The second kappa shape index (κ2) is 19.5. The summed E-state index contributed by atoms with van der Waals surface area (Å²) in [4.78, 5) is 115. The molecule has 2 aliphatic heterocycles. The highest BCUT2D eigenvalue weighted by molar-refractivity contribution is 6.06. The van der Waals surface area contributed by atoms with Crippen molar-refractivity contribution in [3.05, 3.63) is 29.8 Å². The van der Waals surface area contributed by atoms with Crippen LogP contribution in [0.25, 0.3) is 0 Å². The van der Waals surface area contributed by atoms with Crippen molar-refractivity contribution >= 4 is 58.9 Å². The van der Waals surface area contributed by atoms with Gasteiger partial charge in [-0.05, 0) is 63.1 Å². The maximum atomic E-state index is 13.5. The molecule has 5 atom stereocenters. The highest BCUT2D eigenvalue weighted by atomic mass is 16.5. The lowest BCUT2D eigenvalue weighted by atomic mass is 9.89. The second-order valence-corrected chi connectivity index (χ2v) is 13.9. The van der Waals surface area contributed by atoms with Crippen LogP contribution in [0.5, 0.6) is 0 Å². The molecule has 290 valence electrons. The fourth-order valence-electron chi connectivity index (χ4n) is 6.31. The SMILES string of the molecule is CC(=O)C1CCCN1C(=O)C(C)NC(=O)OCc1ccc(NC(=O)[C@H](CCCNC(N)=O)CC(=O)[C@@H](NC(=O)CN2C(=O)CC(C)C2=O)C(C)C)cc1. The van der Waals surface area contributed by atoms with Crippen molar-refractivity contribution in [1.29, 1.82) is 0 Å². The molecule has 2 saturated heterocycles. The lowest BCUT2D eigenvalue weighted by molar-refractivity contribution is -0.143. The number of ether oxygens (including phenoxy) is 1. The van der Waals surface area contributed by atoms with Crippen molar-refractivity contribution in [1.82, 2.24) is 25.8 Å². The fraction of sp³-hybridized carbons (Fsp3) is 0.583. The number of likely N-dealkylation sites (tertiary alicyclic amines) is 2. The summed E-state index contributed by atoms with van der Waals surface area (Å²) in [6.07, 6.45) is 0.767. The number of nitrogens with zero attached hydrogens (tertiary/aromatic N) is 2. The molecule has 53 heavy (non-hydrogen) atoms. The van der Waals surface area contributed by atoms with E-state index in [1.807, 2.05) is 0 Å². The van der Waals surface area contributed by atoms with E-state index >= 15 is 0 Å². The topological polar surface area (TPSA) is 243 Å². The summed E-state index contributed by atoms with van der Waals surface area (Å²) in [6, 6.07) is 3.30. The number of hydrogen-bond acceptors (Lipinski definition) is 10. The monoisotopic (exact) mass is 741 g/mol. The van der Waals surface area contributed by atoms with Gasteiger partial charge in [0.2, 0.25) is 29.5 Å². The number of rotatable bonds is 18. The van der Waals surface area contributed by atoms with E-state index in [9.17, 15) is 43.2 Å². The van der Waals surface area contributed by atoms with Crippen LogP contribution in [0.3, 0.4) is 0 Å². The number of benzene rings is 1. The van der Waals surface area contributed by atoms with E-state index in [-0.39, 0.29) is 50.0 Å². The Hall–Kier alpha value is -5.35. The number of hydrogen-bond donors (Lipinski definition) is 5. The molecule has 17 heteroatoms. The summed E-state index contributed by atoms with van der Waals surface area (Å²) in [5.74, 6) is -4.72. The Balaban J connectivity index is 1.57. The van der Waals surface area contributed by atoms with E-state index < -0.39 is 78.0 Å². The average molecular weight is 742 g/mol. The number of nitrogens with two attached hydrogens (primary N) is 1. The van der Waals surface area contributed by atoms with Crippen LogP contribution in [0.4, 0.5) is 15.3 Å². The van der Waals surface area contributed by atoms with E-state index in [0.717, 1.165) is 4.90 Å². The van der Waals surface area contributed by atoms with Gasteiger partial charge in [-0.15, -0.1) is 0 Å². The largest absolute Gasteiger partial charge is 0.445 e. The predicted molar refractivity (Wildman–Crippen MR) is 190 cm³/mol. The number of alkyl carbamates (subject to hydrolysis) is 1. The van der Waals surface area contributed by atoms with E-state index in [1.165, 1.54) is 18.7 Å². The van der Waals surface area contributed by atoms with Gasteiger partial charge in [-0.2, -0.15) is 0 Å². The number of primary amides is 1. The number of amides is 8. The van der Waals surface area contributed by atoms with Crippen LogP contribution in [0.15, 0.2) is 24.3 Å². The van der Waals surface area contributed by atoms with Gasteiger partial charge in [-0.25, -0.2) is 9.59 Å². The van der Waals surface area contributed by atoms with Gasteiger partial charge in [-0.1, -0.05) is 32.9 Å². The summed E-state index contributed by atoms with van der Waals surface area (Å²) in [7, 11) is 0. The van der Waals surface area contributed by atoms with Gasteiger partial charge in [-0.3, -0.25) is 38.5 Å². The molecular formula is C36H51N7O10. The molecular weight excluding hydrogens is 690 g/mol. The number of ketones is 2. The van der Waals surface area contributed by atoms with Crippen LogP contribution >= 0.6 is 0 Å². The van der Waals surface area contributed by atoms with Crippen molar-refractivity contribution in [3.63, 3.8) is 0 Å². The summed E-state index contributed by atoms with van der Waals surface area (Å²) in [5, 5.41) is 10.3. The third-order valence-corrected chi connectivity index (χ3v) is 9.25. The summed E-state index contributed by atoms with van der Waals surface area (Å²) < 4.78 is 5.26. The number of imide groups is 1. The summed E-state index contributed by atoms with van der Waals surface area (Å²) >= 11 is 0. The lowest BCUT2D eigenvalue weighted by Crippen LogP contribution is -2.50. The average Bonchev–Trinajstić information content (AvgIpc) is 3.68. The number of anilines is 1. The van der Waals surface area contributed by atoms with Gasteiger partial charge in [0.25, 0.3) is 0 Å². The van der Waals surface area contributed by atoms with Crippen LogP contribution in [-0.4, -0.2) is 101 Å². The Morgan fingerprint density at radius 2 is 1.68 bits per heavy atom. The molecule has 2 fully saturated rings. The molecule has 1 aromatic rings.